The van der Waals surface area contributed by atoms with Gasteiger partial charge in [-0.1, -0.05) is 35.3 Å². The number of benzene rings is 2. The fraction of sp³-hybridized carbons (Fsp3) is 0.333. The number of nitrogens with one attached hydrogen (secondary N) is 1. The minimum absolute atomic E-state index is 0.0345. The molecule has 2 aromatic rings. The number of carbonyl (C=O) groups excluding carboxylic acids is 2. The van der Waals surface area contributed by atoms with Crippen LogP contribution in [-0.2, 0) is 20.0 Å². The molecule has 1 fully saturated rings. The van der Waals surface area contributed by atoms with Gasteiger partial charge in [-0.2, -0.15) is 13.2 Å². The van der Waals surface area contributed by atoms with Crippen LogP contribution in [0.1, 0.15) is 40.4 Å². The largest absolute Gasteiger partial charge is 0.480 e. The predicted molar refractivity (Wildman–Crippen MR) is 124 cm³/mol. The summed E-state index contributed by atoms with van der Waals surface area (Å²) in [5, 5.41) is 3.94. The molecule has 1 saturated heterocycles. The molecule has 0 aromatic heterocycles. The molecule has 6 nitrogen and oxygen atoms in total. The van der Waals surface area contributed by atoms with E-state index in [1.807, 2.05) is 0 Å². The van der Waals surface area contributed by atoms with Crippen molar-refractivity contribution in [1.29, 1.82) is 0 Å². The number of aryl methyl sites for hydroxylation is 1. The lowest BCUT2D eigenvalue weighted by Crippen LogP contribution is -2.42. The van der Waals surface area contributed by atoms with Crippen LogP contribution in [0.25, 0.3) is 5.57 Å². The van der Waals surface area contributed by atoms with Gasteiger partial charge in [-0.3, -0.25) is 14.4 Å². The Kier molecular flexibility index (Phi) is 6.78. The van der Waals surface area contributed by atoms with Gasteiger partial charge in [-0.05, 0) is 54.8 Å². The second kappa shape index (κ2) is 9.37. The zero-order valence-corrected chi connectivity index (χ0v) is 20.2. The van der Waals surface area contributed by atoms with Crippen molar-refractivity contribution < 1.29 is 32.3 Å². The van der Waals surface area contributed by atoms with E-state index in [2.05, 4.69) is 5.32 Å². The summed E-state index contributed by atoms with van der Waals surface area (Å²) in [6.45, 7) is 3.80. The van der Waals surface area contributed by atoms with Gasteiger partial charge in [0.2, 0.25) is 5.60 Å². The van der Waals surface area contributed by atoms with E-state index in [4.69, 9.17) is 32.8 Å². The third kappa shape index (κ3) is 4.72. The Hall–Kier alpha value is -2.75. The summed E-state index contributed by atoms with van der Waals surface area (Å²) in [6.07, 6.45) is -4.18. The maximum atomic E-state index is 14.2. The van der Waals surface area contributed by atoms with Crippen molar-refractivity contribution in [2.45, 2.75) is 38.1 Å². The number of carbonyl (C=O) groups is 2. The minimum Gasteiger partial charge on any atom is -0.480 e. The highest BCUT2D eigenvalue weighted by atomic mass is 35.5. The van der Waals surface area contributed by atoms with Gasteiger partial charge in [0.15, 0.2) is 0 Å². The molecule has 2 aliphatic heterocycles. The summed E-state index contributed by atoms with van der Waals surface area (Å²) < 4.78 is 48.0. The predicted octanol–water partition coefficient (Wildman–Crippen LogP) is 5.41. The molecule has 2 atom stereocenters. The molecular weight excluding hydrogens is 508 g/mol. The van der Waals surface area contributed by atoms with Crippen molar-refractivity contribution in [2.24, 2.45) is 0 Å². The Balaban J connectivity index is 1.56. The second-order valence-corrected chi connectivity index (χ2v) is 9.18. The summed E-state index contributed by atoms with van der Waals surface area (Å²) in [4.78, 5) is 30.1. The van der Waals surface area contributed by atoms with Gasteiger partial charge in [0.05, 0.1) is 6.26 Å². The first-order valence-corrected chi connectivity index (χ1v) is 11.5. The smallest absolute Gasteiger partial charge is 0.432 e. The number of hydroxylamine groups is 2. The van der Waals surface area contributed by atoms with E-state index in [1.165, 1.54) is 29.3 Å². The highest BCUT2D eigenvalue weighted by molar-refractivity contribution is 6.34. The van der Waals surface area contributed by atoms with Crippen LogP contribution in [0.3, 0.4) is 0 Å². The van der Waals surface area contributed by atoms with E-state index in [-0.39, 0.29) is 28.1 Å². The normalized spacial score (nSPS) is 22.3. The third-order valence-electron chi connectivity index (χ3n) is 6.00. The number of likely N-dealkylation sites (N-methyl/N-ethyl adjacent to an activating group) is 1. The maximum Gasteiger partial charge on any atom is 0.432 e. The molecule has 0 aliphatic carbocycles. The van der Waals surface area contributed by atoms with Gasteiger partial charge in [-0.25, -0.2) is 5.06 Å². The second-order valence-electron chi connectivity index (χ2n) is 8.31. The van der Waals surface area contributed by atoms with Crippen LogP contribution >= 0.6 is 23.2 Å². The van der Waals surface area contributed by atoms with E-state index in [0.717, 1.165) is 6.26 Å². The number of hydrogen-bond acceptors (Lipinski definition) is 4. The number of ether oxygens (including phenoxy) is 1. The van der Waals surface area contributed by atoms with E-state index in [0.29, 0.717) is 28.8 Å². The summed E-state index contributed by atoms with van der Waals surface area (Å²) in [5.74, 6) is -0.822. The van der Waals surface area contributed by atoms with Crippen LogP contribution in [0.5, 0.6) is 0 Å². The lowest BCUT2D eigenvalue weighted by Gasteiger charge is -2.32. The summed E-state index contributed by atoms with van der Waals surface area (Å²) >= 11 is 11.9. The van der Waals surface area contributed by atoms with Gasteiger partial charge in [0.1, 0.15) is 12.6 Å². The average molecular weight is 529 g/mol. The fourth-order valence-corrected chi connectivity index (χ4v) is 4.69. The average Bonchev–Trinajstić information content (AvgIpc) is 3.38. The summed E-state index contributed by atoms with van der Waals surface area (Å²) in [5.41, 5.74) is -1.27. The van der Waals surface area contributed by atoms with Gasteiger partial charge in [-0.15, -0.1) is 0 Å². The van der Waals surface area contributed by atoms with Gasteiger partial charge >= 0.3 is 6.18 Å². The SMILES string of the molecule is CCN1OC[C@H](NC(=O)c2ccc(C3=COC(c4cc(Cl)cc(Cl)c4)(C(F)(F)F)C3)cc2C)C1=O. The molecule has 11 heteroatoms. The number of rotatable bonds is 5. The van der Waals surface area contributed by atoms with Crippen molar-refractivity contribution >= 4 is 40.6 Å². The standard InChI is InChI=1S/C24H21Cl2F3N2O4/c1-3-31-22(33)20(12-35-31)30-21(32)19-5-4-14(6-13(19)2)15-10-23(34-11-15,24(27,28)29)16-7-17(25)9-18(26)8-16/h4-9,11,20H,3,10,12H2,1-2H3,(H,30,32)/t20-,23?/m0/s1. The molecule has 2 amide bonds. The number of nitrogens with zero attached hydrogens (tertiary/aromatic N) is 1. The number of amides is 2. The number of halogens is 5. The molecule has 0 spiro atoms. The lowest BCUT2D eigenvalue weighted by atomic mass is 9.85. The maximum absolute atomic E-state index is 14.2. The first-order chi connectivity index (χ1) is 16.4. The molecular formula is C24H21Cl2F3N2O4. The first kappa shape index (κ1) is 25.3. The summed E-state index contributed by atoms with van der Waals surface area (Å²) in [6, 6.07) is 7.56. The Morgan fingerprint density at radius 1 is 1.20 bits per heavy atom. The van der Waals surface area contributed by atoms with Crippen molar-refractivity contribution in [2.75, 3.05) is 13.2 Å². The molecule has 0 radical (unpaired) electrons. The zero-order valence-electron chi connectivity index (χ0n) is 18.7. The van der Waals surface area contributed by atoms with Crippen molar-refractivity contribution in [3.63, 3.8) is 0 Å². The van der Waals surface area contributed by atoms with Crippen LogP contribution in [0, 0.1) is 6.92 Å². The number of alkyl halides is 3. The molecule has 0 bridgehead atoms. The fourth-order valence-electron chi connectivity index (χ4n) is 4.16. The van der Waals surface area contributed by atoms with Crippen LogP contribution in [0.2, 0.25) is 10.0 Å². The molecule has 1 N–H and O–H groups in total. The minimum atomic E-state index is -4.75. The molecule has 1 unspecified atom stereocenters. The van der Waals surface area contributed by atoms with Gasteiger partial charge in [0, 0.05) is 34.1 Å². The van der Waals surface area contributed by atoms with Crippen LogP contribution in [0.4, 0.5) is 13.2 Å². The van der Waals surface area contributed by atoms with E-state index < -0.39 is 30.1 Å². The lowest BCUT2D eigenvalue weighted by molar-refractivity contribution is -0.260. The highest BCUT2D eigenvalue weighted by Gasteiger charge is 2.60. The Morgan fingerprint density at radius 2 is 1.89 bits per heavy atom. The van der Waals surface area contributed by atoms with Crippen molar-refractivity contribution in [3.8, 4) is 0 Å². The highest BCUT2D eigenvalue weighted by Crippen LogP contribution is 2.52. The first-order valence-electron chi connectivity index (χ1n) is 10.7. The van der Waals surface area contributed by atoms with Crippen LogP contribution in [0.15, 0.2) is 42.7 Å². The Bertz CT molecular complexity index is 1200. The van der Waals surface area contributed by atoms with Crippen LogP contribution in [-0.4, -0.2) is 42.2 Å². The van der Waals surface area contributed by atoms with E-state index >= 15 is 0 Å². The third-order valence-corrected chi connectivity index (χ3v) is 6.44. The topological polar surface area (TPSA) is 67.9 Å². The van der Waals surface area contributed by atoms with E-state index in [9.17, 15) is 22.8 Å². The molecule has 35 heavy (non-hydrogen) atoms. The molecule has 4 rings (SSSR count). The van der Waals surface area contributed by atoms with Gasteiger partial charge < -0.3 is 10.1 Å². The Morgan fingerprint density at radius 3 is 2.46 bits per heavy atom. The monoisotopic (exact) mass is 528 g/mol. The van der Waals surface area contributed by atoms with E-state index in [1.54, 1.807) is 26.0 Å². The summed E-state index contributed by atoms with van der Waals surface area (Å²) in [7, 11) is 0. The van der Waals surface area contributed by atoms with Crippen molar-refractivity contribution in [3.05, 3.63) is 75.0 Å². The molecule has 2 aromatic carbocycles. The number of hydrogen-bond donors (Lipinski definition) is 1. The van der Waals surface area contributed by atoms with Crippen LogP contribution < -0.4 is 5.32 Å². The molecule has 186 valence electrons. The zero-order chi connectivity index (χ0) is 25.5. The quantitative estimate of drug-likeness (QED) is 0.563. The van der Waals surface area contributed by atoms with Gasteiger partial charge in [0.25, 0.3) is 11.8 Å². The molecule has 2 aliphatic rings. The molecule has 0 saturated carbocycles. The molecule has 2 heterocycles. The Labute approximate surface area is 209 Å². The van der Waals surface area contributed by atoms with Crippen molar-refractivity contribution in [1.82, 2.24) is 10.4 Å².